The van der Waals surface area contributed by atoms with Crippen molar-refractivity contribution in [3.63, 3.8) is 0 Å². The van der Waals surface area contributed by atoms with E-state index in [1.54, 1.807) is 30.7 Å². The van der Waals surface area contributed by atoms with Crippen LogP contribution in [0, 0.1) is 13.8 Å². The van der Waals surface area contributed by atoms with Crippen LogP contribution >= 0.6 is 11.3 Å². The van der Waals surface area contributed by atoms with Crippen LogP contribution < -0.4 is 5.43 Å². The molecule has 1 N–H and O–H groups in total. The third-order valence-corrected chi connectivity index (χ3v) is 3.27. The Bertz CT molecular complexity index is 577. The fourth-order valence-corrected chi connectivity index (χ4v) is 2.22. The Kier molecular flexibility index (Phi) is 3.78. The fourth-order valence-electron chi connectivity index (χ4n) is 1.41. The van der Waals surface area contributed by atoms with Crippen molar-refractivity contribution in [2.45, 2.75) is 13.8 Å². The number of carbonyl (C=O) groups is 1. The first-order valence-electron chi connectivity index (χ1n) is 5.34. The predicted octanol–water partition coefficient (Wildman–Crippen LogP) is 1.92. The monoisotopic (exact) mass is 260 g/mol. The van der Waals surface area contributed by atoms with Crippen LogP contribution in [0.4, 0.5) is 0 Å². The Morgan fingerprint density at radius 1 is 1.39 bits per heavy atom. The van der Waals surface area contributed by atoms with Crippen LogP contribution in [0.25, 0.3) is 0 Å². The summed E-state index contributed by atoms with van der Waals surface area (Å²) < 4.78 is 0. The van der Waals surface area contributed by atoms with Gasteiger partial charge < -0.3 is 0 Å². The van der Waals surface area contributed by atoms with Gasteiger partial charge in [-0.1, -0.05) is 0 Å². The van der Waals surface area contributed by atoms with Gasteiger partial charge in [-0.25, -0.2) is 10.4 Å². The lowest BCUT2D eigenvalue weighted by Crippen LogP contribution is -2.17. The van der Waals surface area contributed by atoms with E-state index in [1.807, 2.05) is 13.8 Å². The van der Waals surface area contributed by atoms with E-state index in [4.69, 9.17) is 0 Å². The molecule has 0 atom stereocenters. The molecule has 0 unspecified atom stereocenters. The van der Waals surface area contributed by atoms with Crippen LogP contribution in [0.5, 0.6) is 0 Å². The van der Waals surface area contributed by atoms with Crippen LogP contribution in [0.15, 0.2) is 29.6 Å². The van der Waals surface area contributed by atoms with Gasteiger partial charge in [-0.3, -0.25) is 9.78 Å². The number of hydrazone groups is 1. The van der Waals surface area contributed by atoms with E-state index in [0.717, 1.165) is 16.3 Å². The van der Waals surface area contributed by atoms with Gasteiger partial charge in [-0.2, -0.15) is 5.10 Å². The van der Waals surface area contributed by atoms with E-state index < -0.39 is 0 Å². The molecule has 18 heavy (non-hydrogen) atoms. The Labute approximate surface area is 109 Å². The Hall–Kier alpha value is -2.08. The molecule has 0 bridgehead atoms. The van der Waals surface area contributed by atoms with E-state index in [2.05, 4.69) is 20.5 Å². The lowest BCUT2D eigenvalue weighted by Gasteiger charge is -1.96. The number of carbonyl (C=O) groups excluding carboxylic acids is 1. The molecule has 92 valence electrons. The number of aromatic nitrogens is 2. The van der Waals surface area contributed by atoms with Crippen LogP contribution in [-0.2, 0) is 0 Å². The molecular weight excluding hydrogens is 248 g/mol. The van der Waals surface area contributed by atoms with Crippen LogP contribution in [0.1, 0.15) is 25.9 Å². The van der Waals surface area contributed by atoms with Crippen LogP contribution in [0.3, 0.4) is 0 Å². The smallest absolute Gasteiger partial charge is 0.266 e. The highest BCUT2D eigenvalue weighted by Crippen LogP contribution is 2.16. The minimum absolute atomic E-state index is 0.233. The molecule has 0 saturated heterocycles. The maximum Gasteiger partial charge on any atom is 0.283 e. The highest BCUT2D eigenvalue weighted by atomic mass is 32.1. The summed E-state index contributed by atoms with van der Waals surface area (Å²) in [5, 5.41) is 4.77. The average Bonchev–Trinajstić information content (AvgIpc) is 2.70. The zero-order valence-corrected chi connectivity index (χ0v) is 10.9. The van der Waals surface area contributed by atoms with Gasteiger partial charge in [0, 0.05) is 12.4 Å². The first kappa shape index (κ1) is 12.4. The Morgan fingerprint density at radius 3 is 2.72 bits per heavy atom. The number of hydrogen-bond donors (Lipinski definition) is 1. The van der Waals surface area contributed by atoms with Gasteiger partial charge in [0.05, 0.1) is 16.9 Å². The fraction of sp³-hybridized carbons (Fsp3) is 0.167. The molecule has 0 aliphatic rings. The number of pyridine rings is 1. The van der Waals surface area contributed by atoms with E-state index in [1.165, 1.54) is 11.3 Å². The van der Waals surface area contributed by atoms with Gasteiger partial charge in [-0.05, 0) is 31.5 Å². The normalized spacial score (nSPS) is 10.8. The van der Waals surface area contributed by atoms with Crippen molar-refractivity contribution >= 4 is 23.5 Å². The molecule has 0 aromatic carbocycles. The summed E-state index contributed by atoms with van der Waals surface area (Å²) in [6, 6.07) is 3.61. The highest BCUT2D eigenvalue weighted by Gasteiger charge is 2.12. The molecule has 0 spiro atoms. The molecule has 2 aromatic heterocycles. The SMILES string of the molecule is Cc1nc(C)c(C(=O)N/N=C/c2ccncc2)s1. The van der Waals surface area contributed by atoms with E-state index >= 15 is 0 Å². The zero-order chi connectivity index (χ0) is 13.0. The van der Waals surface area contributed by atoms with Crippen molar-refractivity contribution in [3.05, 3.63) is 45.7 Å². The second-order valence-electron chi connectivity index (χ2n) is 3.63. The number of amides is 1. The molecule has 5 nitrogen and oxygen atoms in total. The van der Waals surface area contributed by atoms with Crippen molar-refractivity contribution in [2.75, 3.05) is 0 Å². The topological polar surface area (TPSA) is 67.2 Å². The third-order valence-electron chi connectivity index (χ3n) is 2.20. The number of hydrogen-bond acceptors (Lipinski definition) is 5. The molecule has 0 aliphatic heterocycles. The summed E-state index contributed by atoms with van der Waals surface area (Å²) in [6.45, 7) is 3.68. The molecule has 0 aliphatic carbocycles. The van der Waals surface area contributed by atoms with Crippen molar-refractivity contribution in [1.82, 2.24) is 15.4 Å². The molecule has 0 saturated carbocycles. The average molecular weight is 260 g/mol. The Balaban J connectivity index is 2.01. The maximum atomic E-state index is 11.8. The van der Waals surface area contributed by atoms with E-state index in [9.17, 15) is 4.79 Å². The van der Waals surface area contributed by atoms with Gasteiger partial charge >= 0.3 is 0 Å². The van der Waals surface area contributed by atoms with Gasteiger partial charge in [0.2, 0.25) is 0 Å². The zero-order valence-electron chi connectivity index (χ0n) is 10.0. The van der Waals surface area contributed by atoms with Crippen LogP contribution in [-0.4, -0.2) is 22.1 Å². The summed E-state index contributed by atoms with van der Waals surface area (Å²) in [5.74, 6) is -0.233. The first-order chi connectivity index (χ1) is 8.66. The van der Waals surface area contributed by atoms with E-state index in [0.29, 0.717) is 4.88 Å². The second-order valence-corrected chi connectivity index (χ2v) is 4.83. The first-order valence-corrected chi connectivity index (χ1v) is 6.16. The molecule has 2 rings (SSSR count). The lowest BCUT2D eigenvalue weighted by atomic mass is 10.3. The molecular formula is C12H12N4OS. The van der Waals surface area contributed by atoms with Crippen molar-refractivity contribution in [1.29, 1.82) is 0 Å². The second kappa shape index (κ2) is 5.50. The summed E-state index contributed by atoms with van der Waals surface area (Å²) in [6.07, 6.45) is 4.91. The Morgan fingerprint density at radius 2 is 2.11 bits per heavy atom. The van der Waals surface area contributed by atoms with Crippen molar-refractivity contribution in [3.8, 4) is 0 Å². The van der Waals surface area contributed by atoms with Crippen molar-refractivity contribution in [2.24, 2.45) is 5.10 Å². The quantitative estimate of drug-likeness (QED) is 0.677. The van der Waals surface area contributed by atoms with Gasteiger partial charge in [0.1, 0.15) is 4.88 Å². The molecule has 0 fully saturated rings. The van der Waals surface area contributed by atoms with Gasteiger partial charge in [0.15, 0.2) is 0 Å². The number of nitrogens with one attached hydrogen (secondary N) is 1. The van der Waals surface area contributed by atoms with Gasteiger partial charge in [0.25, 0.3) is 5.91 Å². The predicted molar refractivity (Wildman–Crippen MR) is 70.9 cm³/mol. The highest BCUT2D eigenvalue weighted by molar-refractivity contribution is 7.13. The molecule has 6 heteroatoms. The summed E-state index contributed by atoms with van der Waals surface area (Å²) in [5.41, 5.74) is 4.09. The standard InChI is InChI=1S/C12H12N4OS/c1-8-11(18-9(2)15-8)12(17)16-14-7-10-3-5-13-6-4-10/h3-7H,1-2H3,(H,16,17)/b14-7+. The lowest BCUT2D eigenvalue weighted by molar-refractivity contribution is 0.0958. The summed E-state index contributed by atoms with van der Waals surface area (Å²) in [7, 11) is 0. The molecule has 2 heterocycles. The third kappa shape index (κ3) is 2.98. The maximum absolute atomic E-state index is 11.8. The number of rotatable bonds is 3. The number of thiazole rings is 1. The largest absolute Gasteiger partial charge is 0.283 e. The molecule has 0 radical (unpaired) electrons. The molecule has 2 aromatic rings. The van der Waals surface area contributed by atoms with E-state index in [-0.39, 0.29) is 5.91 Å². The molecule has 1 amide bonds. The van der Waals surface area contributed by atoms with Crippen LogP contribution in [0.2, 0.25) is 0 Å². The number of nitrogens with zero attached hydrogens (tertiary/aromatic N) is 3. The number of aryl methyl sites for hydroxylation is 2. The minimum atomic E-state index is -0.233. The minimum Gasteiger partial charge on any atom is -0.266 e. The summed E-state index contributed by atoms with van der Waals surface area (Å²) in [4.78, 5) is 20.5. The van der Waals surface area contributed by atoms with Gasteiger partial charge in [-0.15, -0.1) is 11.3 Å². The summed E-state index contributed by atoms with van der Waals surface area (Å²) >= 11 is 1.36. The van der Waals surface area contributed by atoms with Crippen molar-refractivity contribution < 1.29 is 4.79 Å².